The van der Waals surface area contributed by atoms with Crippen LogP contribution in [-0.2, 0) is 9.53 Å². The number of likely N-dealkylation sites (N-methyl/N-ethyl adjacent to an activating group) is 1. The van der Waals surface area contributed by atoms with Crippen molar-refractivity contribution in [2.75, 3.05) is 21.3 Å². The third-order valence-electron chi connectivity index (χ3n) is 3.93. The number of carboxylic acid groups (broad SMARTS) is 1. The molecule has 0 amide bonds. The van der Waals surface area contributed by atoms with Crippen LogP contribution in [0.1, 0.15) is 13.3 Å². The van der Waals surface area contributed by atoms with Crippen LogP contribution in [0.2, 0.25) is 0 Å². The molecule has 1 aromatic carbocycles. The Labute approximate surface area is 140 Å². The molecule has 1 aromatic rings. The van der Waals surface area contributed by atoms with Crippen molar-refractivity contribution in [2.24, 2.45) is 5.92 Å². The van der Waals surface area contributed by atoms with E-state index in [1.54, 1.807) is 33.0 Å². The van der Waals surface area contributed by atoms with Crippen LogP contribution < -0.4 is 14.8 Å². The van der Waals surface area contributed by atoms with Gasteiger partial charge in [-0.3, -0.25) is 4.79 Å². The van der Waals surface area contributed by atoms with Gasteiger partial charge in [0.25, 0.3) is 0 Å². The summed E-state index contributed by atoms with van der Waals surface area (Å²) in [6.07, 6.45) is 0.447. The van der Waals surface area contributed by atoms with Gasteiger partial charge < -0.3 is 24.6 Å². The molecule has 1 aliphatic rings. The Bertz CT molecular complexity index is 531. The first kappa shape index (κ1) is 17.9. The van der Waals surface area contributed by atoms with Crippen molar-refractivity contribution in [1.29, 1.82) is 0 Å². The number of rotatable bonds is 7. The van der Waals surface area contributed by atoms with Crippen molar-refractivity contribution in [3.8, 4) is 11.5 Å². The van der Waals surface area contributed by atoms with E-state index >= 15 is 0 Å². The third-order valence-corrected chi connectivity index (χ3v) is 5.01. The summed E-state index contributed by atoms with van der Waals surface area (Å²) in [6, 6.07) is 4.95. The van der Waals surface area contributed by atoms with Crippen LogP contribution in [0.15, 0.2) is 23.1 Å². The molecule has 4 atom stereocenters. The van der Waals surface area contributed by atoms with Gasteiger partial charge in [0.05, 0.1) is 20.3 Å². The van der Waals surface area contributed by atoms with Crippen LogP contribution in [0.5, 0.6) is 11.5 Å². The minimum atomic E-state index is -0.891. The van der Waals surface area contributed by atoms with Crippen LogP contribution in [0.4, 0.5) is 0 Å². The second kappa shape index (κ2) is 7.90. The fraction of sp³-hybridized carbons (Fsp3) is 0.562. The molecule has 1 saturated heterocycles. The molecule has 0 radical (unpaired) electrons. The average Bonchev–Trinajstić information content (AvgIpc) is 2.87. The number of carboxylic acids is 1. The van der Waals surface area contributed by atoms with E-state index in [1.165, 1.54) is 0 Å². The summed E-state index contributed by atoms with van der Waals surface area (Å²) in [4.78, 5) is 12.3. The van der Waals surface area contributed by atoms with E-state index < -0.39 is 12.0 Å². The molecule has 2 rings (SSSR count). The van der Waals surface area contributed by atoms with E-state index in [0.717, 1.165) is 11.3 Å². The van der Waals surface area contributed by atoms with Crippen LogP contribution in [-0.4, -0.2) is 49.9 Å². The zero-order chi connectivity index (χ0) is 17.0. The highest BCUT2D eigenvalue weighted by atomic mass is 32.2. The lowest BCUT2D eigenvalue weighted by molar-refractivity contribution is -0.143. The maximum absolute atomic E-state index is 11.3. The highest BCUT2D eigenvalue weighted by Crippen LogP contribution is 2.40. The quantitative estimate of drug-likeness (QED) is 0.787. The lowest BCUT2D eigenvalue weighted by atomic mass is 9.98. The number of benzene rings is 1. The topological polar surface area (TPSA) is 77.0 Å². The predicted molar refractivity (Wildman–Crippen MR) is 88.3 cm³/mol. The van der Waals surface area contributed by atoms with E-state index in [0.29, 0.717) is 11.5 Å². The van der Waals surface area contributed by atoms with Gasteiger partial charge in [-0.05, 0) is 31.5 Å². The number of carbonyl (C=O) groups is 1. The Balaban J connectivity index is 2.09. The molecule has 6 nitrogen and oxygen atoms in total. The minimum absolute atomic E-state index is 0.0954. The standard InChI is InChI=1S/C16H23NO5S/c1-9-5-13(22-15(9)14(17-2)16(18)19)23-12-7-10(20-3)6-11(8-12)21-4/h6-9,13-15,17H,5H2,1-4H3,(H,18,19)/t9-,13?,14?,15-/m1/s1. The molecule has 128 valence electrons. The monoisotopic (exact) mass is 341 g/mol. The predicted octanol–water partition coefficient (Wildman–Crippen LogP) is 2.22. The van der Waals surface area contributed by atoms with Crippen LogP contribution in [0.25, 0.3) is 0 Å². The number of hydrogen-bond donors (Lipinski definition) is 2. The smallest absolute Gasteiger partial charge is 0.323 e. The van der Waals surface area contributed by atoms with Crippen LogP contribution in [0.3, 0.4) is 0 Å². The third kappa shape index (κ3) is 4.31. The molecule has 1 fully saturated rings. The lowest BCUT2D eigenvalue weighted by Crippen LogP contribution is -2.46. The molecule has 1 aliphatic heterocycles. The lowest BCUT2D eigenvalue weighted by Gasteiger charge is -2.22. The van der Waals surface area contributed by atoms with Gasteiger partial charge in [0, 0.05) is 11.0 Å². The normalized spacial score (nSPS) is 25.1. The van der Waals surface area contributed by atoms with Crippen LogP contribution >= 0.6 is 11.8 Å². The fourth-order valence-electron chi connectivity index (χ4n) is 2.72. The molecule has 23 heavy (non-hydrogen) atoms. The van der Waals surface area contributed by atoms with Gasteiger partial charge in [0.2, 0.25) is 0 Å². The first-order valence-corrected chi connectivity index (χ1v) is 8.31. The summed E-state index contributed by atoms with van der Waals surface area (Å²) >= 11 is 1.55. The molecule has 7 heteroatoms. The van der Waals surface area contributed by atoms with Crippen molar-refractivity contribution in [3.05, 3.63) is 18.2 Å². The van der Waals surface area contributed by atoms with E-state index in [9.17, 15) is 9.90 Å². The molecule has 0 bridgehead atoms. The number of nitrogens with one attached hydrogen (secondary N) is 1. The Hall–Kier alpha value is -1.44. The molecule has 0 spiro atoms. The molecular weight excluding hydrogens is 318 g/mol. The largest absolute Gasteiger partial charge is 0.497 e. The summed E-state index contributed by atoms with van der Waals surface area (Å²) in [5.74, 6) is 0.702. The average molecular weight is 341 g/mol. The van der Waals surface area contributed by atoms with Gasteiger partial charge in [-0.1, -0.05) is 18.7 Å². The molecule has 2 unspecified atom stereocenters. The summed E-state index contributed by atoms with van der Waals surface area (Å²) < 4.78 is 16.5. The molecule has 2 N–H and O–H groups in total. The highest BCUT2D eigenvalue weighted by Gasteiger charge is 2.40. The maximum Gasteiger partial charge on any atom is 0.323 e. The Morgan fingerprint density at radius 2 is 1.96 bits per heavy atom. The van der Waals surface area contributed by atoms with E-state index in [1.807, 2.05) is 25.1 Å². The number of methoxy groups -OCH3 is 2. The van der Waals surface area contributed by atoms with Gasteiger partial charge in [0.1, 0.15) is 23.0 Å². The zero-order valence-electron chi connectivity index (χ0n) is 13.7. The van der Waals surface area contributed by atoms with Gasteiger partial charge in [-0.15, -0.1) is 0 Å². The minimum Gasteiger partial charge on any atom is -0.497 e. The Kier molecular flexibility index (Phi) is 6.15. The van der Waals surface area contributed by atoms with Gasteiger partial charge >= 0.3 is 5.97 Å². The molecular formula is C16H23NO5S. The SMILES string of the molecule is CNC(C(=O)O)[C@@H]1OC(Sc2cc(OC)cc(OC)c2)C[C@H]1C. The number of hydrogen-bond acceptors (Lipinski definition) is 6. The molecule has 0 saturated carbocycles. The second-order valence-corrected chi connectivity index (χ2v) is 6.75. The number of thioether (sulfide) groups is 1. The van der Waals surface area contributed by atoms with E-state index in [-0.39, 0.29) is 17.5 Å². The number of ether oxygens (including phenoxy) is 3. The van der Waals surface area contributed by atoms with Crippen molar-refractivity contribution in [2.45, 2.75) is 35.8 Å². The zero-order valence-corrected chi connectivity index (χ0v) is 14.6. The summed E-state index contributed by atoms with van der Waals surface area (Å²) in [5.41, 5.74) is -0.0954. The number of aliphatic carboxylic acids is 1. The van der Waals surface area contributed by atoms with E-state index in [4.69, 9.17) is 14.2 Å². The molecule has 0 aliphatic carbocycles. The molecule has 0 aromatic heterocycles. The van der Waals surface area contributed by atoms with Crippen LogP contribution in [0, 0.1) is 5.92 Å². The first-order chi connectivity index (χ1) is 11.0. The van der Waals surface area contributed by atoms with Crippen molar-refractivity contribution < 1.29 is 24.1 Å². The van der Waals surface area contributed by atoms with Crippen molar-refractivity contribution >= 4 is 17.7 Å². The Morgan fingerprint density at radius 3 is 2.43 bits per heavy atom. The summed E-state index contributed by atoms with van der Waals surface area (Å²) in [6.45, 7) is 2.02. The second-order valence-electron chi connectivity index (χ2n) is 5.51. The first-order valence-electron chi connectivity index (χ1n) is 7.43. The Morgan fingerprint density at radius 1 is 1.35 bits per heavy atom. The van der Waals surface area contributed by atoms with Crippen molar-refractivity contribution in [1.82, 2.24) is 5.32 Å². The van der Waals surface area contributed by atoms with Gasteiger partial charge in [0.15, 0.2) is 0 Å². The maximum atomic E-state index is 11.3. The fourth-order valence-corrected chi connectivity index (χ4v) is 3.97. The van der Waals surface area contributed by atoms with E-state index in [2.05, 4.69) is 5.32 Å². The van der Waals surface area contributed by atoms with Gasteiger partial charge in [-0.25, -0.2) is 0 Å². The summed E-state index contributed by atoms with van der Waals surface area (Å²) in [5, 5.41) is 12.1. The highest BCUT2D eigenvalue weighted by molar-refractivity contribution is 7.99. The molecule has 1 heterocycles. The van der Waals surface area contributed by atoms with Gasteiger partial charge in [-0.2, -0.15) is 0 Å². The summed E-state index contributed by atoms with van der Waals surface area (Å²) in [7, 11) is 4.86. The van der Waals surface area contributed by atoms with Crippen molar-refractivity contribution in [3.63, 3.8) is 0 Å².